The van der Waals surface area contributed by atoms with Gasteiger partial charge in [-0.15, -0.1) is 0 Å². The quantitative estimate of drug-likeness (QED) is 0.926. The smallest absolute Gasteiger partial charge is 0.245 e. The molecule has 0 bridgehead atoms. The molecule has 20 heavy (non-hydrogen) atoms. The first kappa shape index (κ1) is 17.0. The Morgan fingerprint density at radius 1 is 1.25 bits per heavy atom. The summed E-state index contributed by atoms with van der Waals surface area (Å²) < 4.78 is 53.2. The van der Waals surface area contributed by atoms with E-state index in [1.54, 1.807) is 0 Å². The van der Waals surface area contributed by atoms with Crippen molar-refractivity contribution in [1.29, 1.82) is 0 Å². The second-order valence-corrected chi connectivity index (χ2v) is 7.88. The molecule has 0 aromatic heterocycles. The zero-order chi connectivity index (χ0) is 15.7. The van der Waals surface area contributed by atoms with Crippen LogP contribution in [0.1, 0.15) is 26.3 Å². The zero-order valence-electron chi connectivity index (χ0n) is 12.1. The van der Waals surface area contributed by atoms with Gasteiger partial charge in [0.25, 0.3) is 0 Å². The average molecular weight is 306 g/mol. The lowest BCUT2D eigenvalue weighted by Crippen LogP contribution is -2.35. The lowest BCUT2D eigenvalue weighted by Gasteiger charge is -2.26. The van der Waals surface area contributed by atoms with E-state index >= 15 is 0 Å². The number of hydrogen-bond acceptors (Lipinski definition) is 3. The first-order chi connectivity index (χ1) is 9.00. The van der Waals surface area contributed by atoms with E-state index in [0.717, 1.165) is 16.4 Å². The van der Waals surface area contributed by atoms with Crippen LogP contribution in [0.2, 0.25) is 0 Å². The van der Waals surface area contributed by atoms with Gasteiger partial charge >= 0.3 is 0 Å². The molecule has 0 saturated heterocycles. The van der Waals surface area contributed by atoms with Gasteiger partial charge in [0, 0.05) is 25.7 Å². The maximum Gasteiger partial charge on any atom is 0.245 e. The van der Waals surface area contributed by atoms with Crippen LogP contribution in [0.3, 0.4) is 0 Å². The van der Waals surface area contributed by atoms with Crippen molar-refractivity contribution in [2.24, 2.45) is 11.1 Å². The highest BCUT2D eigenvalue weighted by atomic mass is 32.2. The molecule has 0 aliphatic heterocycles. The van der Waals surface area contributed by atoms with Gasteiger partial charge in [-0.2, -0.15) is 0 Å². The Morgan fingerprint density at radius 2 is 1.80 bits per heavy atom. The van der Waals surface area contributed by atoms with Crippen molar-refractivity contribution in [2.45, 2.75) is 32.2 Å². The number of halogens is 2. The van der Waals surface area contributed by atoms with E-state index in [2.05, 4.69) is 0 Å². The minimum absolute atomic E-state index is 0.212. The van der Waals surface area contributed by atoms with Crippen molar-refractivity contribution in [3.63, 3.8) is 0 Å². The van der Waals surface area contributed by atoms with E-state index in [-0.39, 0.29) is 12.0 Å². The van der Waals surface area contributed by atoms with E-state index in [1.807, 2.05) is 20.8 Å². The van der Waals surface area contributed by atoms with Crippen LogP contribution in [-0.4, -0.2) is 26.3 Å². The molecule has 0 saturated carbocycles. The predicted octanol–water partition coefficient (Wildman–Crippen LogP) is 2.09. The third-order valence-corrected chi connectivity index (χ3v) is 4.56. The molecule has 4 nitrogen and oxygen atoms in total. The van der Waals surface area contributed by atoms with Crippen LogP contribution in [-0.2, 0) is 16.6 Å². The molecule has 2 N–H and O–H groups in total. The van der Waals surface area contributed by atoms with Gasteiger partial charge in [0.15, 0.2) is 5.82 Å². The molecule has 0 aliphatic rings. The summed E-state index contributed by atoms with van der Waals surface area (Å²) in [5.41, 5.74) is 4.55. The Balaban J connectivity index is 3.30. The van der Waals surface area contributed by atoms with Crippen molar-refractivity contribution in [1.82, 2.24) is 4.31 Å². The standard InChI is InChI=1S/C13H20F2N2O2S/c1-13(2,3)8-17(4)20(18,19)11-6-5-10(14)9(7-16)12(11)15/h5-6H,7-8,16H2,1-4H3. The largest absolute Gasteiger partial charge is 0.326 e. The van der Waals surface area contributed by atoms with Gasteiger partial charge in [-0.25, -0.2) is 21.5 Å². The molecular formula is C13H20F2N2O2S. The number of nitrogens with zero attached hydrogens (tertiary/aromatic N) is 1. The fourth-order valence-electron chi connectivity index (χ4n) is 1.88. The minimum atomic E-state index is -4.02. The molecule has 1 rings (SSSR count). The molecule has 1 aromatic carbocycles. The van der Waals surface area contributed by atoms with Crippen LogP contribution >= 0.6 is 0 Å². The second kappa shape index (κ2) is 5.75. The monoisotopic (exact) mass is 306 g/mol. The van der Waals surface area contributed by atoms with Crippen molar-refractivity contribution in [3.05, 3.63) is 29.3 Å². The summed E-state index contributed by atoms with van der Waals surface area (Å²) in [7, 11) is -2.65. The molecule has 0 radical (unpaired) electrons. The van der Waals surface area contributed by atoms with Crippen molar-refractivity contribution in [3.8, 4) is 0 Å². The van der Waals surface area contributed by atoms with Gasteiger partial charge in [0.1, 0.15) is 10.7 Å². The van der Waals surface area contributed by atoms with Crippen LogP contribution in [0.25, 0.3) is 0 Å². The van der Waals surface area contributed by atoms with Crippen molar-refractivity contribution in [2.75, 3.05) is 13.6 Å². The normalized spacial score (nSPS) is 13.0. The third-order valence-electron chi connectivity index (χ3n) is 2.74. The van der Waals surface area contributed by atoms with Gasteiger partial charge in [0.05, 0.1) is 0 Å². The second-order valence-electron chi connectivity index (χ2n) is 5.86. The van der Waals surface area contributed by atoms with Crippen LogP contribution in [0.4, 0.5) is 8.78 Å². The molecule has 7 heteroatoms. The van der Waals surface area contributed by atoms with Gasteiger partial charge < -0.3 is 5.73 Å². The van der Waals surface area contributed by atoms with Crippen molar-refractivity contribution >= 4 is 10.0 Å². The molecule has 114 valence electrons. The molecule has 0 aliphatic carbocycles. The third kappa shape index (κ3) is 3.53. The van der Waals surface area contributed by atoms with Gasteiger partial charge in [-0.1, -0.05) is 20.8 Å². The van der Waals surface area contributed by atoms with Gasteiger partial charge in [0.2, 0.25) is 10.0 Å². The summed E-state index contributed by atoms with van der Waals surface area (Å²) in [4.78, 5) is -0.550. The van der Waals surface area contributed by atoms with Crippen LogP contribution in [0.15, 0.2) is 17.0 Å². The maximum atomic E-state index is 14.1. The topological polar surface area (TPSA) is 63.4 Å². The maximum absolute atomic E-state index is 14.1. The fraction of sp³-hybridized carbons (Fsp3) is 0.538. The van der Waals surface area contributed by atoms with Crippen LogP contribution in [0.5, 0.6) is 0 Å². The van der Waals surface area contributed by atoms with Crippen molar-refractivity contribution < 1.29 is 17.2 Å². The Hall–Kier alpha value is -1.05. The summed E-state index contributed by atoms with van der Waals surface area (Å²) >= 11 is 0. The minimum Gasteiger partial charge on any atom is -0.326 e. The lowest BCUT2D eigenvalue weighted by atomic mass is 9.97. The molecule has 0 unspecified atom stereocenters. The van der Waals surface area contributed by atoms with E-state index < -0.39 is 38.7 Å². The average Bonchev–Trinajstić information content (AvgIpc) is 2.26. The summed E-state index contributed by atoms with van der Waals surface area (Å²) in [5, 5.41) is 0. The highest BCUT2D eigenvalue weighted by molar-refractivity contribution is 7.89. The molecule has 0 heterocycles. The number of rotatable bonds is 4. The fourth-order valence-corrected chi connectivity index (χ4v) is 3.37. The van der Waals surface area contributed by atoms with E-state index in [1.165, 1.54) is 7.05 Å². The Morgan fingerprint density at radius 3 is 2.25 bits per heavy atom. The van der Waals surface area contributed by atoms with E-state index in [0.29, 0.717) is 0 Å². The number of hydrogen-bond donors (Lipinski definition) is 1. The summed E-state index contributed by atoms with van der Waals surface area (Å²) in [6.07, 6.45) is 0. The molecule has 1 aromatic rings. The highest BCUT2D eigenvalue weighted by Crippen LogP contribution is 2.25. The van der Waals surface area contributed by atoms with E-state index in [4.69, 9.17) is 5.73 Å². The predicted molar refractivity (Wildman–Crippen MR) is 73.5 cm³/mol. The Kier molecular flexibility index (Phi) is 4.89. The SMILES string of the molecule is CN(CC(C)(C)C)S(=O)(=O)c1ccc(F)c(CN)c1F. The zero-order valence-corrected chi connectivity index (χ0v) is 12.9. The molecule has 0 fully saturated rings. The van der Waals surface area contributed by atoms with Gasteiger partial charge in [-0.3, -0.25) is 0 Å². The first-order valence-corrected chi connectivity index (χ1v) is 7.58. The molecular weight excluding hydrogens is 286 g/mol. The summed E-state index contributed by atoms with van der Waals surface area (Å²) in [5.74, 6) is -1.96. The molecule has 0 spiro atoms. The van der Waals surface area contributed by atoms with Gasteiger partial charge in [-0.05, 0) is 17.5 Å². The highest BCUT2D eigenvalue weighted by Gasteiger charge is 2.29. The molecule has 0 atom stereocenters. The Bertz CT molecular complexity index is 595. The number of sulfonamides is 1. The first-order valence-electron chi connectivity index (χ1n) is 6.14. The number of benzene rings is 1. The van der Waals surface area contributed by atoms with Crippen LogP contribution < -0.4 is 5.73 Å². The lowest BCUT2D eigenvalue weighted by molar-refractivity contribution is 0.310. The number of nitrogens with two attached hydrogens (primary N) is 1. The summed E-state index contributed by atoms with van der Waals surface area (Å²) in [6, 6.07) is 1.85. The summed E-state index contributed by atoms with van der Waals surface area (Å²) in [6.45, 7) is 5.41. The Labute approximate surface area is 118 Å². The van der Waals surface area contributed by atoms with Crippen LogP contribution in [0, 0.1) is 17.0 Å². The van der Waals surface area contributed by atoms with E-state index in [9.17, 15) is 17.2 Å². The molecule has 0 amide bonds.